The van der Waals surface area contributed by atoms with E-state index < -0.39 is 0 Å². The van der Waals surface area contributed by atoms with Crippen molar-refractivity contribution in [1.29, 1.82) is 0 Å². The van der Waals surface area contributed by atoms with Crippen LogP contribution < -0.4 is 0 Å². The van der Waals surface area contributed by atoms with E-state index in [0.717, 1.165) is 11.8 Å². The average molecular weight is 168 g/mol. The van der Waals surface area contributed by atoms with Crippen LogP contribution in [0.15, 0.2) is 11.6 Å². The topological polar surface area (TPSA) is 0 Å². The van der Waals surface area contributed by atoms with Crippen LogP contribution in [-0.4, -0.2) is 0 Å². The van der Waals surface area contributed by atoms with Gasteiger partial charge in [-0.05, 0) is 25.7 Å². The summed E-state index contributed by atoms with van der Waals surface area (Å²) in [5.41, 5.74) is 1.54. The van der Waals surface area contributed by atoms with Gasteiger partial charge in [-0.1, -0.05) is 51.7 Å². The molecule has 0 aliphatic carbocycles. The first-order valence-corrected chi connectivity index (χ1v) is 5.26. The molecule has 0 saturated carbocycles. The summed E-state index contributed by atoms with van der Waals surface area (Å²) in [6, 6.07) is 0. The standard InChI is InChI=1S/C12H24/c1-6-8-9-11(4)12(5)10(3)7-2/h7,11-12H,6,8-9H2,1-5H3. The van der Waals surface area contributed by atoms with Crippen LogP contribution in [0.1, 0.15) is 53.9 Å². The largest absolute Gasteiger partial charge is 0.0885 e. The van der Waals surface area contributed by atoms with E-state index in [0.29, 0.717) is 0 Å². The summed E-state index contributed by atoms with van der Waals surface area (Å²) >= 11 is 0. The number of unbranched alkanes of at least 4 members (excludes halogenated alkanes) is 1. The van der Waals surface area contributed by atoms with E-state index in [1.54, 1.807) is 5.57 Å². The first kappa shape index (κ1) is 11.7. The van der Waals surface area contributed by atoms with Gasteiger partial charge in [0.15, 0.2) is 0 Å². The maximum Gasteiger partial charge on any atom is -0.0209 e. The van der Waals surface area contributed by atoms with E-state index in [2.05, 4.69) is 40.7 Å². The van der Waals surface area contributed by atoms with Gasteiger partial charge in [0.25, 0.3) is 0 Å². The molecule has 0 heterocycles. The van der Waals surface area contributed by atoms with E-state index >= 15 is 0 Å². The van der Waals surface area contributed by atoms with Crippen LogP contribution in [0, 0.1) is 11.8 Å². The maximum atomic E-state index is 2.37. The van der Waals surface area contributed by atoms with Gasteiger partial charge in [0.1, 0.15) is 0 Å². The minimum absolute atomic E-state index is 0.765. The number of allylic oxidation sites excluding steroid dienone is 2. The van der Waals surface area contributed by atoms with Gasteiger partial charge in [-0.15, -0.1) is 0 Å². The van der Waals surface area contributed by atoms with E-state index in [9.17, 15) is 0 Å². The molecular formula is C12H24. The predicted molar refractivity (Wildman–Crippen MR) is 57.3 cm³/mol. The van der Waals surface area contributed by atoms with Crippen molar-refractivity contribution >= 4 is 0 Å². The smallest absolute Gasteiger partial charge is 0.0209 e. The fourth-order valence-electron chi connectivity index (χ4n) is 1.49. The van der Waals surface area contributed by atoms with Crippen molar-refractivity contribution in [2.45, 2.75) is 53.9 Å². The molecule has 0 aromatic rings. The van der Waals surface area contributed by atoms with Crippen molar-refractivity contribution in [2.24, 2.45) is 11.8 Å². The van der Waals surface area contributed by atoms with E-state index in [1.165, 1.54) is 19.3 Å². The highest BCUT2D eigenvalue weighted by molar-refractivity contribution is 5.01. The van der Waals surface area contributed by atoms with Gasteiger partial charge in [0, 0.05) is 0 Å². The first-order valence-electron chi connectivity index (χ1n) is 5.26. The lowest BCUT2D eigenvalue weighted by Crippen LogP contribution is -2.08. The Morgan fingerprint density at radius 3 is 2.33 bits per heavy atom. The molecule has 2 unspecified atom stereocenters. The Bertz CT molecular complexity index is 133. The quantitative estimate of drug-likeness (QED) is 0.533. The van der Waals surface area contributed by atoms with E-state index in [-0.39, 0.29) is 0 Å². The van der Waals surface area contributed by atoms with Crippen molar-refractivity contribution in [3.63, 3.8) is 0 Å². The molecule has 0 amide bonds. The molecule has 0 radical (unpaired) electrons. The molecule has 0 spiro atoms. The highest BCUT2D eigenvalue weighted by Crippen LogP contribution is 2.23. The van der Waals surface area contributed by atoms with Crippen LogP contribution in [-0.2, 0) is 0 Å². The van der Waals surface area contributed by atoms with Gasteiger partial charge in [-0.3, -0.25) is 0 Å². The molecule has 2 atom stereocenters. The van der Waals surface area contributed by atoms with Crippen molar-refractivity contribution in [1.82, 2.24) is 0 Å². The van der Waals surface area contributed by atoms with Crippen molar-refractivity contribution in [3.8, 4) is 0 Å². The first-order chi connectivity index (χ1) is 5.63. The third-order valence-corrected chi connectivity index (χ3v) is 3.04. The lowest BCUT2D eigenvalue weighted by molar-refractivity contribution is 0.397. The minimum atomic E-state index is 0.765. The molecule has 0 aliphatic heterocycles. The highest BCUT2D eigenvalue weighted by atomic mass is 14.2. The zero-order valence-electron chi connectivity index (χ0n) is 9.35. The Kier molecular flexibility index (Phi) is 6.14. The average Bonchev–Trinajstić information content (AvgIpc) is 2.11. The van der Waals surface area contributed by atoms with Crippen molar-refractivity contribution < 1.29 is 0 Å². The second-order valence-corrected chi connectivity index (χ2v) is 3.94. The second-order valence-electron chi connectivity index (χ2n) is 3.94. The van der Waals surface area contributed by atoms with Gasteiger partial charge in [0.05, 0.1) is 0 Å². The zero-order chi connectivity index (χ0) is 9.56. The Morgan fingerprint density at radius 1 is 1.33 bits per heavy atom. The zero-order valence-corrected chi connectivity index (χ0v) is 9.35. The Hall–Kier alpha value is -0.260. The summed E-state index contributed by atoms with van der Waals surface area (Å²) in [4.78, 5) is 0. The molecule has 0 N–H and O–H groups in total. The van der Waals surface area contributed by atoms with Crippen LogP contribution in [0.2, 0.25) is 0 Å². The van der Waals surface area contributed by atoms with Crippen LogP contribution in [0.25, 0.3) is 0 Å². The monoisotopic (exact) mass is 168 g/mol. The normalized spacial score (nSPS) is 17.6. The molecule has 0 aromatic heterocycles. The van der Waals surface area contributed by atoms with Gasteiger partial charge in [-0.25, -0.2) is 0 Å². The van der Waals surface area contributed by atoms with Crippen LogP contribution in [0.3, 0.4) is 0 Å². The van der Waals surface area contributed by atoms with E-state index in [4.69, 9.17) is 0 Å². The second kappa shape index (κ2) is 6.28. The Balaban J connectivity index is 3.83. The molecule has 0 rings (SSSR count). The Morgan fingerprint density at radius 2 is 1.92 bits per heavy atom. The molecule has 0 saturated heterocycles. The fraction of sp³-hybridized carbons (Fsp3) is 0.833. The number of hydrogen-bond donors (Lipinski definition) is 0. The van der Waals surface area contributed by atoms with Crippen LogP contribution in [0.5, 0.6) is 0 Å². The summed E-state index contributed by atoms with van der Waals surface area (Å²) in [6.07, 6.45) is 6.32. The fourth-order valence-corrected chi connectivity index (χ4v) is 1.49. The van der Waals surface area contributed by atoms with Gasteiger partial charge in [0.2, 0.25) is 0 Å². The molecular weight excluding hydrogens is 144 g/mol. The minimum Gasteiger partial charge on any atom is -0.0885 e. The summed E-state index contributed by atoms with van der Waals surface area (Å²) in [5, 5.41) is 0. The summed E-state index contributed by atoms with van der Waals surface area (Å²) in [7, 11) is 0. The van der Waals surface area contributed by atoms with Crippen molar-refractivity contribution in [3.05, 3.63) is 11.6 Å². The molecule has 72 valence electrons. The Labute approximate surface area is 78.1 Å². The third kappa shape index (κ3) is 3.94. The molecule has 0 fully saturated rings. The molecule has 0 aromatic carbocycles. The highest BCUT2D eigenvalue weighted by Gasteiger charge is 2.11. The van der Waals surface area contributed by atoms with Crippen molar-refractivity contribution in [2.75, 3.05) is 0 Å². The lowest BCUT2D eigenvalue weighted by Gasteiger charge is -2.20. The van der Waals surface area contributed by atoms with Gasteiger partial charge >= 0.3 is 0 Å². The SMILES string of the molecule is CC=C(C)C(C)C(C)CCCC. The van der Waals surface area contributed by atoms with Crippen LogP contribution >= 0.6 is 0 Å². The molecule has 0 heteroatoms. The van der Waals surface area contributed by atoms with E-state index in [1.807, 2.05) is 0 Å². The van der Waals surface area contributed by atoms with Crippen LogP contribution in [0.4, 0.5) is 0 Å². The number of hydrogen-bond acceptors (Lipinski definition) is 0. The lowest BCUT2D eigenvalue weighted by atomic mass is 9.86. The molecule has 12 heavy (non-hydrogen) atoms. The van der Waals surface area contributed by atoms with Gasteiger partial charge < -0.3 is 0 Å². The summed E-state index contributed by atoms with van der Waals surface area (Å²) in [6.45, 7) is 11.4. The molecule has 0 bridgehead atoms. The summed E-state index contributed by atoms with van der Waals surface area (Å²) < 4.78 is 0. The number of rotatable bonds is 5. The third-order valence-electron chi connectivity index (χ3n) is 3.04. The maximum absolute atomic E-state index is 2.37. The predicted octanol–water partition coefficient (Wildman–Crippen LogP) is 4.42. The van der Waals surface area contributed by atoms with Gasteiger partial charge in [-0.2, -0.15) is 0 Å². The molecule has 0 aliphatic rings. The summed E-state index contributed by atoms with van der Waals surface area (Å²) in [5.74, 6) is 1.61. The molecule has 0 nitrogen and oxygen atoms in total.